The molecule has 2 rings (SSSR count). The Bertz CT molecular complexity index is 514. The SMILES string of the molecule is N#Cc1ccc(C(O)CNCc2ccno2)cc1. The van der Waals surface area contributed by atoms with Gasteiger partial charge in [0.15, 0.2) is 0 Å². The van der Waals surface area contributed by atoms with Crippen LogP contribution in [0.5, 0.6) is 0 Å². The van der Waals surface area contributed by atoms with Gasteiger partial charge in [0, 0.05) is 12.6 Å². The topological polar surface area (TPSA) is 82.1 Å². The minimum Gasteiger partial charge on any atom is -0.387 e. The Morgan fingerprint density at radius 3 is 2.72 bits per heavy atom. The standard InChI is InChI=1S/C13H13N3O2/c14-7-10-1-3-11(4-2-10)13(17)9-15-8-12-5-6-16-18-12/h1-6,13,15,17H,8-9H2. The van der Waals surface area contributed by atoms with Crippen LogP contribution in [0.4, 0.5) is 0 Å². The van der Waals surface area contributed by atoms with E-state index in [0.29, 0.717) is 18.7 Å². The van der Waals surface area contributed by atoms with Crippen LogP contribution in [0.2, 0.25) is 0 Å². The number of nitriles is 1. The molecule has 5 nitrogen and oxygen atoms in total. The summed E-state index contributed by atoms with van der Waals surface area (Å²) in [7, 11) is 0. The van der Waals surface area contributed by atoms with Gasteiger partial charge >= 0.3 is 0 Å². The Morgan fingerprint density at radius 1 is 1.33 bits per heavy atom. The van der Waals surface area contributed by atoms with Gasteiger partial charge in [-0.2, -0.15) is 5.26 Å². The molecular weight excluding hydrogens is 230 g/mol. The lowest BCUT2D eigenvalue weighted by Gasteiger charge is -2.11. The third kappa shape index (κ3) is 3.17. The second-order valence-electron chi connectivity index (χ2n) is 3.86. The molecule has 0 spiro atoms. The Labute approximate surface area is 105 Å². The number of nitrogens with zero attached hydrogens (tertiary/aromatic N) is 2. The summed E-state index contributed by atoms with van der Waals surface area (Å²) in [5.74, 6) is 0.724. The molecule has 0 amide bonds. The molecule has 0 aliphatic heterocycles. The van der Waals surface area contributed by atoms with Gasteiger partial charge in [0.05, 0.1) is 30.5 Å². The van der Waals surface area contributed by atoms with E-state index in [4.69, 9.17) is 9.78 Å². The Balaban J connectivity index is 1.83. The molecule has 0 radical (unpaired) electrons. The van der Waals surface area contributed by atoms with E-state index in [9.17, 15) is 5.11 Å². The summed E-state index contributed by atoms with van der Waals surface area (Å²) in [5.41, 5.74) is 1.36. The summed E-state index contributed by atoms with van der Waals surface area (Å²) in [6.07, 6.45) is 0.967. The van der Waals surface area contributed by atoms with Crippen molar-refractivity contribution in [1.82, 2.24) is 10.5 Å². The monoisotopic (exact) mass is 243 g/mol. The van der Waals surface area contributed by atoms with Gasteiger partial charge in [-0.1, -0.05) is 17.3 Å². The molecule has 1 heterocycles. The normalized spacial score (nSPS) is 12.0. The molecule has 5 heteroatoms. The molecule has 1 aromatic carbocycles. The van der Waals surface area contributed by atoms with Crippen LogP contribution < -0.4 is 5.32 Å². The van der Waals surface area contributed by atoms with Gasteiger partial charge in [0.2, 0.25) is 0 Å². The maximum Gasteiger partial charge on any atom is 0.150 e. The van der Waals surface area contributed by atoms with E-state index < -0.39 is 6.10 Å². The quantitative estimate of drug-likeness (QED) is 0.828. The average molecular weight is 243 g/mol. The smallest absolute Gasteiger partial charge is 0.150 e. The first-order chi connectivity index (χ1) is 8.79. The first-order valence-corrected chi connectivity index (χ1v) is 5.58. The van der Waals surface area contributed by atoms with E-state index in [0.717, 1.165) is 11.3 Å². The third-order valence-electron chi connectivity index (χ3n) is 2.55. The van der Waals surface area contributed by atoms with Crippen molar-refractivity contribution in [2.75, 3.05) is 6.54 Å². The number of hydrogen-bond donors (Lipinski definition) is 2. The molecule has 0 aliphatic rings. The largest absolute Gasteiger partial charge is 0.387 e. The van der Waals surface area contributed by atoms with Crippen molar-refractivity contribution >= 4 is 0 Å². The first kappa shape index (κ1) is 12.3. The predicted molar refractivity (Wildman–Crippen MR) is 64.3 cm³/mol. The number of rotatable bonds is 5. The molecule has 0 fully saturated rings. The van der Waals surface area contributed by atoms with Crippen molar-refractivity contribution in [3.63, 3.8) is 0 Å². The summed E-state index contributed by atoms with van der Waals surface area (Å²) in [6, 6.07) is 10.7. The van der Waals surface area contributed by atoms with Gasteiger partial charge in [-0.05, 0) is 17.7 Å². The van der Waals surface area contributed by atoms with Crippen LogP contribution in [0.15, 0.2) is 41.1 Å². The zero-order chi connectivity index (χ0) is 12.8. The fourth-order valence-electron chi connectivity index (χ4n) is 1.56. The lowest BCUT2D eigenvalue weighted by molar-refractivity contribution is 0.173. The fraction of sp³-hybridized carbons (Fsp3) is 0.231. The van der Waals surface area contributed by atoms with Crippen LogP contribution in [0.1, 0.15) is 23.0 Å². The summed E-state index contributed by atoms with van der Waals surface area (Å²) >= 11 is 0. The Morgan fingerprint density at radius 2 is 2.11 bits per heavy atom. The molecule has 0 aliphatic carbocycles. The van der Waals surface area contributed by atoms with Crippen molar-refractivity contribution in [3.05, 3.63) is 53.4 Å². The minimum atomic E-state index is -0.610. The summed E-state index contributed by atoms with van der Waals surface area (Å²) in [6.45, 7) is 0.930. The van der Waals surface area contributed by atoms with Crippen LogP contribution >= 0.6 is 0 Å². The van der Waals surface area contributed by atoms with E-state index >= 15 is 0 Å². The average Bonchev–Trinajstić information content (AvgIpc) is 2.92. The Kier molecular flexibility index (Phi) is 4.07. The maximum atomic E-state index is 9.92. The highest BCUT2D eigenvalue weighted by Gasteiger charge is 2.07. The molecule has 2 aromatic rings. The highest BCUT2D eigenvalue weighted by Crippen LogP contribution is 2.12. The molecule has 0 bridgehead atoms. The van der Waals surface area contributed by atoms with Crippen LogP contribution in [-0.4, -0.2) is 16.8 Å². The number of aliphatic hydroxyl groups is 1. The lowest BCUT2D eigenvalue weighted by atomic mass is 10.1. The van der Waals surface area contributed by atoms with Crippen molar-refractivity contribution in [1.29, 1.82) is 5.26 Å². The molecule has 18 heavy (non-hydrogen) atoms. The van der Waals surface area contributed by atoms with Crippen LogP contribution in [-0.2, 0) is 6.54 Å². The van der Waals surface area contributed by atoms with Crippen LogP contribution in [0.25, 0.3) is 0 Å². The number of nitrogens with one attached hydrogen (secondary N) is 1. The molecule has 2 N–H and O–H groups in total. The molecule has 92 valence electrons. The van der Waals surface area contributed by atoms with Gasteiger partial charge in [0.1, 0.15) is 5.76 Å². The first-order valence-electron chi connectivity index (χ1n) is 5.58. The summed E-state index contributed by atoms with van der Waals surface area (Å²) in [5, 5.41) is 25.2. The van der Waals surface area contributed by atoms with Gasteiger partial charge in [-0.15, -0.1) is 0 Å². The van der Waals surface area contributed by atoms with Gasteiger partial charge in [0.25, 0.3) is 0 Å². The van der Waals surface area contributed by atoms with E-state index in [-0.39, 0.29) is 0 Å². The summed E-state index contributed by atoms with van der Waals surface area (Å²) in [4.78, 5) is 0. The summed E-state index contributed by atoms with van der Waals surface area (Å²) < 4.78 is 4.92. The highest BCUT2D eigenvalue weighted by molar-refractivity contribution is 5.32. The van der Waals surface area contributed by atoms with Crippen molar-refractivity contribution in [2.24, 2.45) is 0 Å². The second-order valence-corrected chi connectivity index (χ2v) is 3.86. The van der Waals surface area contributed by atoms with Gasteiger partial charge < -0.3 is 14.9 Å². The van der Waals surface area contributed by atoms with E-state index in [1.165, 1.54) is 0 Å². The van der Waals surface area contributed by atoms with Crippen molar-refractivity contribution < 1.29 is 9.63 Å². The number of aromatic nitrogens is 1. The molecular formula is C13H13N3O2. The molecule has 1 atom stereocenters. The molecule has 0 saturated carbocycles. The number of hydrogen-bond acceptors (Lipinski definition) is 5. The molecule has 1 aromatic heterocycles. The maximum absolute atomic E-state index is 9.92. The van der Waals surface area contributed by atoms with Gasteiger partial charge in [-0.25, -0.2) is 0 Å². The minimum absolute atomic E-state index is 0.409. The second kappa shape index (κ2) is 5.96. The predicted octanol–water partition coefficient (Wildman–Crippen LogP) is 1.37. The van der Waals surface area contributed by atoms with E-state index in [1.807, 2.05) is 6.07 Å². The lowest BCUT2D eigenvalue weighted by Crippen LogP contribution is -2.20. The van der Waals surface area contributed by atoms with Gasteiger partial charge in [-0.3, -0.25) is 0 Å². The highest BCUT2D eigenvalue weighted by atomic mass is 16.5. The molecule has 0 saturated heterocycles. The van der Waals surface area contributed by atoms with Crippen LogP contribution in [0.3, 0.4) is 0 Å². The zero-order valence-corrected chi connectivity index (χ0v) is 9.71. The molecule has 1 unspecified atom stereocenters. The van der Waals surface area contributed by atoms with Crippen LogP contribution in [0, 0.1) is 11.3 Å². The van der Waals surface area contributed by atoms with Crippen molar-refractivity contribution in [3.8, 4) is 6.07 Å². The fourth-order valence-corrected chi connectivity index (χ4v) is 1.56. The third-order valence-corrected chi connectivity index (χ3v) is 2.55. The Hall–Kier alpha value is -2.16. The van der Waals surface area contributed by atoms with E-state index in [1.54, 1.807) is 36.5 Å². The number of benzene rings is 1. The van der Waals surface area contributed by atoms with E-state index in [2.05, 4.69) is 10.5 Å². The zero-order valence-electron chi connectivity index (χ0n) is 9.71. The van der Waals surface area contributed by atoms with Crippen molar-refractivity contribution in [2.45, 2.75) is 12.6 Å². The number of aliphatic hydroxyl groups excluding tert-OH is 1.